The normalized spacial score (nSPS) is 10.5. The molecule has 2 aromatic heterocycles. The lowest BCUT2D eigenvalue weighted by Gasteiger charge is -2.15. The van der Waals surface area contributed by atoms with Crippen molar-refractivity contribution in [2.24, 2.45) is 0 Å². The van der Waals surface area contributed by atoms with Gasteiger partial charge in [0.2, 0.25) is 0 Å². The van der Waals surface area contributed by atoms with Gasteiger partial charge in [0.05, 0.1) is 34.9 Å². The highest BCUT2D eigenvalue weighted by Gasteiger charge is 2.20. The molecule has 74 heavy (non-hydrogen) atoms. The van der Waals surface area contributed by atoms with E-state index < -0.39 is 0 Å². The maximum absolute atomic E-state index is 13.0. The third kappa shape index (κ3) is 15.3. The standard InChI is InChI=1S/C31H32N2O3.C30H30N2O3.3CH4/c1-4-5-17-32-30(34)24-13-11-23(12-14-24)25-15-16-29-27(19-25)26(18-22-9-7-6-8-10-22)28(20-33-29)31(35)36-21(2)3;1-3-5-17-31-29(33)23-13-11-22(12-14-23)24-15-16-28-26(19-24)25(18-21-9-7-6-8-10-21)27(20-32-28)30(34)35-4-2;;;/h6-16,19-21H,4-5,17-18H2,1-3H3,(H,32,34);6-16,19-20H,3-5,17-18H2,1-2H3,(H,31,33);3*1H4. The number of pyridine rings is 2. The van der Waals surface area contributed by atoms with Crippen LogP contribution in [0.25, 0.3) is 44.1 Å². The molecule has 0 atom stereocenters. The lowest BCUT2D eigenvalue weighted by molar-refractivity contribution is 0.0375. The van der Waals surface area contributed by atoms with Crippen LogP contribution < -0.4 is 10.6 Å². The van der Waals surface area contributed by atoms with E-state index in [2.05, 4.69) is 70.8 Å². The number of nitrogens with zero attached hydrogens (tertiary/aromatic N) is 2. The maximum Gasteiger partial charge on any atom is 0.340 e. The second-order valence-electron chi connectivity index (χ2n) is 17.6. The molecule has 10 nitrogen and oxygen atoms in total. The number of carbonyl (C=O) groups is 4. The largest absolute Gasteiger partial charge is 0.462 e. The molecule has 0 saturated carbocycles. The lowest BCUT2D eigenvalue weighted by Crippen LogP contribution is -2.24. The molecule has 386 valence electrons. The SMILES string of the molecule is C.C.C.CCCCNC(=O)c1ccc(-c2ccc3ncc(C(=O)OC(C)C)c(Cc4ccccc4)c3c2)cc1.CCCCNC(=O)c1ccc(-c2ccc3ncc(C(=O)OCC)c(Cc4ccccc4)c3c2)cc1. The summed E-state index contributed by atoms with van der Waals surface area (Å²) >= 11 is 0. The third-order valence-corrected chi connectivity index (χ3v) is 12.1. The molecule has 10 heteroatoms. The summed E-state index contributed by atoms with van der Waals surface area (Å²) < 4.78 is 10.9. The summed E-state index contributed by atoms with van der Waals surface area (Å²) in [6.07, 6.45) is 8.21. The molecule has 0 radical (unpaired) electrons. The predicted molar refractivity (Wildman–Crippen MR) is 304 cm³/mol. The average Bonchev–Trinajstić information content (AvgIpc) is 3.39. The highest BCUT2D eigenvalue weighted by atomic mass is 16.5. The number of esters is 2. The topological polar surface area (TPSA) is 137 Å². The molecule has 0 bridgehead atoms. The minimum Gasteiger partial charge on any atom is -0.462 e. The molecule has 0 aliphatic carbocycles. The summed E-state index contributed by atoms with van der Waals surface area (Å²) in [6.45, 7) is 11.4. The smallest absolute Gasteiger partial charge is 0.340 e. The Kier molecular flexibility index (Phi) is 22.9. The van der Waals surface area contributed by atoms with Gasteiger partial charge >= 0.3 is 11.9 Å². The van der Waals surface area contributed by atoms with E-state index in [9.17, 15) is 19.2 Å². The van der Waals surface area contributed by atoms with Gasteiger partial charge < -0.3 is 20.1 Å². The molecular formula is C64H74N4O6. The molecule has 0 aliphatic rings. The van der Waals surface area contributed by atoms with E-state index in [1.54, 1.807) is 19.3 Å². The van der Waals surface area contributed by atoms with Crippen LogP contribution in [0.15, 0.2) is 158 Å². The van der Waals surface area contributed by atoms with Crippen LogP contribution in [0.1, 0.15) is 146 Å². The van der Waals surface area contributed by atoms with E-state index in [0.29, 0.717) is 54.8 Å². The molecule has 0 fully saturated rings. The van der Waals surface area contributed by atoms with E-state index in [-0.39, 0.29) is 52.1 Å². The second kappa shape index (κ2) is 28.9. The number of nitrogens with one attached hydrogen (secondary N) is 2. The molecule has 6 aromatic carbocycles. The number of benzene rings is 6. The van der Waals surface area contributed by atoms with Crippen molar-refractivity contribution in [1.29, 1.82) is 0 Å². The van der Waals surface area contributed by atoms with Gasteiger partial charge in [-0.15, -0.1) is 0 Å². The third-order valence-electron chi connectivity index (χ3n) is 12.1. The molecule has 2 amide bonds. The summed E-state index contributed by atoms with van der Waals surface area (Å²) in [5, 5.41) is 7.73. The van der Waals surface area contributed by atoms with Gasteiger partial charge in [-0.1, -0.05) is 146 Å². The fourth-order valence-corrected chi connectivity index (χ4v) is 8.26. The number of unbranched alkanes of at least 4 members (excludes halogenated alkanes) is 2. The van der Waals surface area contributed by atoms with Crippen LogP contribution in [0, 0.1) is 0 Å². The average molecular weight is 995 g/mol. The van der Waals surface area contributed by atoms with Crippen LogP contribution in [0.4, 0.5) is 0 Å². The number of carbonyl (C=O) groups excluding carboxylic acids is 4. The van der Waals surface area contributed by atoms with Gasteiger partial charge in [0.15, 0.2) is 0 Å². The van der Waals surface area contributed by atoms with Gasteiger partial charge in [0, 0.05) is 47.4 Å². The lowest BCUT2D eigenvalue weighted by atomic mass is 9.94. The van der Waals surface area contributed by atoms with E-state index in [1.807, 2.05) is 123 Å². The number of aromatic nitrogens is 2. The van der Waals surface area contributed by atoms with E-state index >= 15 is 0 Å². The number of fused-ring (bicyclic) bond motifs is 2. The van der Waals surface area contributed by atoms with Crippen molar-refractivity contribution in [2.75, 3.05) is 19.7 Å². The first-order valence-electron chi connectivity index (χ1n) is 24.6. The fourth-order valence-electron chi connectivity index (χ4n) is 8.26. The van der Waals surface area contributed by atoms with Crippen molar-refractivity contribution in [3.05, 3.63) is 202 Å². The first kappa shape index (κ1) is 58.6. The molecule has 2 heterocycles. The van der Waals surface area contributed by atoms with Crippen molar-refractivity contribution in [3.8, 4) is 22.3 Å². The Bertz CT molecular complexity index is 3080. The Balaban J connectivity index is 0.000000308. The van der Waals surface area contributed by atoms with Crippen LogP contribution in [-0.2, 0) is 22.3 Å². The molecular weight excluding hydrogens is 921 g/mol. The van der Waals surface area contributed by atoms with Gasteiger partial charge in [0.1, 0.15) is 0 Å². The summed E-state index contributed by atoms with van der Waals surface area (Å²) in [5.41, 5.74) is 11.8. The number of amides is 2. The Morgan fingerprint density at radius 3 is 1.27 bits per heavy atom. The summed E-state index contributed by atoms with van der Waals surface area (Å²) in [7, 11) is 0. The fraction of sp³-hybridized carbons (Fsp3) is 0.281. The summed E-state index contributed by atoms with van der Waals surface area (Å²) in [6, 6.07) is 47.5. The number of rotatable bonds is 18. The zero-order valence-corrected chi connectivity index (χ0v) is 41.3. The second-order valence-corrected chi connectivity index (χ2v) is 17.6. The first-order chi connectivity index (χ1) is 34.6. The van der Waals surface area contributed by atoms with Crippen molar-refractivity contribution >= 4 is 45.6 Å². The molecule has 8 rings (SSSR count). The summed E-state index contributed by atoms with van der Waals surface area (Å²) in [5.74, 6) is -0.848. The molecule has 8 aromatic rings. The highest BCUT2D eigenvalue weighted by Crippen LogP contribution is 2.32. The number of hydrogen-bond donors (Lipinski definition) is 2. The minimum atomic E-state index is -0.367. The Morgan fingerprint density at radius 1 is 0.500 bits per heavy atom. The molecule has 0 spiro atoms. The van der Waals surface area contributed by atoms with Crippen molar-refractivity contribution < 1.29 is 28.7 Å². The van der Waals surface area contributed by atoms with E-state index in [1.165, 1.54) is 0 Å². The number of ether oxygens (including phenoxy) is 2. The highest BCUT2D eigenvalue weighted by molar-refractivity contribution is 6.00. The van der Waals surface area contributed by atoms with Gasteiger partial charge in [-0.2, -0.15) is 0 Å². The van der Waals surface area contributed by atoms with Crippen LogP contribution in [0.5, 0.6) is 0 Å². The molecule has 2 N–H and O–H groups in total. The zero-order chi connectivity index (χ0) is 50.1. The van der Waals surface area contributed by atoms with Gasteiger partial charge in [-0.25, -0.2) is 9.59 Å². The predicted octanol–water partition coefficient (Wildman–Crippen LogP) is 14.7. The quantitative estimate of drug-likeness (QED) is 0.0641. The van der Waals surface area contributed by atoms with E-state index in [4.69, 9.17) is 9.47 Å². The Labute approximate surface area is 439 Å². The molecule has 0 saturated heterocycles. The van der Waals surface area contributed by atoms with Gasteiger partial charge in [-0.3, -0.25) is 19.6 Å². The van der Waals surface area contributed by atoms with Gasteiger partial charge in [-0.05, 0) is 139 Å². The van der Waals surface area contributed by atoms with Gasteiger partial charge in [0.25, 0.3) is 11.8 Å². The Morgan fingerprint density at radius 2 is 0.892 bits per heavy atom. The summed E-state index contributed by atoms with van der Waals surface area (Å²) in [4.78, 5) is 59.5. The van der Waals surface area contributed by atoms with E-state index in [0.717, 1.165) is 92.0 Å². The van der Waals surface area contributed by atoms with Crippen molar-refractivity contribution in [1.82, 2.24) is 20.6 Å². The van der Waals surface area contributed by atoms with Crippen molar-refractivity contribution in [2.45, 2.75) is 102 Å². The van der Waals surface area contributed by atoms with Crippen LogP contribution >= 0.6 is 0 Å². The number of hydrogen-bond acceptors (Lipinski definition) is 8. The first-order valence-corrected chi connectivity index (χ1v) is 24.6. The molecule has 0 aliphatic heterocycles. The zero-order valence-electron chi connectivity index (χ0n) is 41.3. The molecule has 0 unspecified atom stereocenters. The van der Waals surface area contributed by atoms with Crippen LogP contribution in [-0.4, -0.2) is 59.5 Å². The monoisotopic (exact) mass is 995 g/mol. The van der Waals surface area contributed by atoms with Crippen LogP contribution in [0.3, 0.4) is 0 Å². The van der Waals surface area contributed by atoms with Crippen molar-refractivity contribution in [3.63, 3.8) is 0 Å². The minimum absolute atomic E-state index is 0. The Hall–Kier alpha value is -7.98. The maximum atomic E-state index is 13.0. The van der Waals surface area contributed by atoms with Crippen LogP contribution in [0.2, 0.25) is 0 Å².